The molecule has 0 spiro atoms. The van der Waals surface area contributed by atoms with Crippen molar-refractivity contribution < 1.29 is 31.9 Å². The number of sulfonamides is 1. The van der Waals surface area contributed by atoms with Gasteiger partial charge in [0.2, 0.25) is 10.0 Å². The number of aryl methyl sites for hydroxylation is 1. The molecule has 0 fully saturated rings. The van der Waals surface area contributed by atoms with Crippen molar-refractivity contribution in [1.82, 2.24) is 4.72 Å². The zero-order chi connectivity index (χ0) is 20.7. The minimum Gasteiger partial charge on any atom is -0.494 e. The summed E-state index contributed by atoms with van der Waals surface area (Å²) in [5.74, 6) is -2.05. The molecular formula is C19H20FNO6S. The molecule has 0 saturated heterocycles. The molecule has 0 aromatic heterocycles. The predicted molar refractivity (Wildman–Crippen MR) is 99.2 cm³/mol. The first-order valence-electron chi connectivity index (χ1n) is 8.31. The van der Waals surface area contributed by atoms with Crippen LogP contribution in [0.2, 0.25) is 0 Å². The van der Waals surface area contributed by atoms with Crippen molar-refractivity contribution >= 4 is 21.8 Å². The molecule has 0 bridgehead atoms. The van der Waals surface area contributed by atoms with Crippen molar-refractivity contribution in [3.63, 3.8) is 0 Å². The number of ketones is 1. The lowest BCUT2D eigenvalue weighted by Gasteiger charge is -2.08. The highest BCUT2D eigenvalue weighted by atomic mass is 32.2. The number of nitrogens with one attached hydrogen (secondary N) is 1. The summed E-state index contributed by atoms with van der Waals surface area (Å²) in [4.78, 5) is 23.7. The number of esters is 1. The van der Waals surface area contributed by atoms with Gasteiger partial charge in [0.1, 0.15) is 0 Å². The van der Waals surface area contributed by atoms with Crippen LogP contribution in [-0.2, 0) is 19.6 Å². The van der Waals surface area contributed by atoms with Crippen LogP contribution in [0.25, 0.3) is 0 Å². The Morgan fingerprint density at radius 1 is 1.11 bits per heavy atom. The molecule has 1 N–H and O–H groups in total. The number of halogens is 1. The summed E-state index contributed by atoms with van der Waals surface area (Å²) in [6.07, 6.45) is -0.255. The highest BCUT2D eigenvalue weighted by Crippen LogP contribution is 2.18. The number of rotatable bonds is 9. The number of carbonyl (C=O) groups excluding carboxylic acids is 2. The summed E-state index contributed by atoms with van der Waals surface area (Å²) < 4.78 is 49.7. The summed E-state index contributed by atoms with van der Waals surface area (Å²) in [7, 11) is -2.44. The van der Waals surface area contributed by atoms with Crippen molar-refractivity contribution in [2.45, 2.75) is 18.2 Å². The summed E-state index contributed by atoms with van der Waals surface area (Å²) >= 11 is 0. The molecular weight excluding hydrogens is 389 g/mol. The summed E-state index contributed by atoms with van der Waals surface area (Å²) in [6, 6.07) is 9.89. The van der Waals surface area contributed by atoms with Crippen LogP contribution in [0.3, 0.4) is 0 Å². The second kappa shape index (κ2) is 9.43. The van der Waals surface area contributed by atoms with E-state index in [0.29, 0.717) is 0 Å². The van der Waals surface area contributed by atoms with Gasteiger partial charge in [0.25, 0.3) is 0 Å². The van der Waals surface area contributed by atoms with Crippen LogP contribution >= 0.6 is 0 Å². The molecule has 2 rings (SSSR count). The van der Waals surface area contributed by atoms with Crippen LogP contribution < -0.4 is 9.46 Å². The van der Waals surface area contributed by atoms with Crippen LogP contribution in [-0.4, -0.2) is 40.4 Å². The van der Waals surface area contributed by atoms with Gasteiger partial charge in [-0.3, -0.25) is 9.59 Å². The predicted octanol–water partition coefficient (Wildman–Crippen LogP) is 2.24. The molecule has 0 radical (unpaired) electrons. The highest BCUT2D eigenvalue weighted by molar-refractivity contribution is 7.89. The number of hydrogen-bond acceptors (Lipinski definition) is 6. The third kappa shape index (κ3) is 5.86. The van der Waals surface area contributed by atoms with Crippen LogP contribution in [0.4, 0.5) is 4.39 Å². The standard InChI is InChI=1S/C19H20FNO6S/c1-13-3-6-15(7-4-13)28(24,25)21-10-9-19(23)27-12-17(22)14-5-8-18(26-2)16(20)11-14/h3-8,11,21H,9-10,12H2,1-2H3. The third-order valence-electron chi connectivity index (χ3n) is 3.79. The van der Waals surface area contributed by atoms with Gasteiger partial charge in [-0.25, -0.2) is 17.5 Å². The van der Waals surface area contributed by atoms with E-state index >= 15 is 0 Å². The number of ether oxygens (including phenoxy) is 2. The molecule has 0 heterocycles. The van der Waals surface area contributed by atoms with Crippen LogP contribution in [0.5, 0.6) is 5.75 Å². The molecule has 0 unspecified atom stereocenters. The first-order valence-corrected chi connectivity index (χ1v) is 9.80. The Morgan fingerprint density at radius 3 is 2.39 bits per heavy atom. The SMILES string of the molecule is COc1ccc(C(=O)COC(=O)CCNS(=O)(=O)c2ccc(C)cc2)cc1F. The van der Waals surface area contributed by atoms with Crippen molar-refractivity contribution in [1.29, 1.82) is 0 Å². The van der Waals surface area contributed by atoms with E-state index in [1.54, 1.807) is 12.1 Å². The van der Waals surface area contributed by atoms with Gasteiger partial charge >= 0.3 is 5.97 Å². The Hall–Kier alpha value is -2.78. The van der Waals surface area contributed by atoms with Gasteiger partial charge in [-0.05, 0) is 37.3 Å². The van der Waals surface area contributed by atoms with Crippen molar-refractivity contribution in [2.75, 3.05) is 20.3 Å². The van der Waals surface area contributed by atoms with Crippen molar-refractivity contribution in [2.24, 2.45) is 0 Å². The summed E-state index contributed by atoms with van der Waals surface area (Å²) in [5, 5.41) is 0. The molecule has 2 aromatic rings. The third-order valence-corrected chi connectivity index (χ3v) is 5.27. The molecule has 9 heteroatoms. The molecule has 28 heavy (non-hydrogen) atoms. The fourth-order valence-corrected chi connectivity index (χ4v) is 3.26. The molecule has 7 nitrogen and oxygen atoms in total. The lowest BCUT2D eigenvalue weighted by Crippen LogP contribution is -2.27. The number of benzene rings is 2. The first kappa shape index (κ1) is 21.5. The van der Waals surface area contributed by atoms with Gasteiger partial charge in [-0.15, -0.1) is 0 Å². The van der Waals surface area contributed by atoms with E-state index in [4.69, 9.17) is 9.47 Å². The maximum Gasteiger partial charge on any atom is 0.307 e. The zero-order valence-electron chi connectivity index (χ0n) is 15.4. The zero-order valence-corrected chi connectivity index (χ0v) is 16.2. The lowest BCUT2D eigenvalue weighted by molar-refractivity contribution is -0.142. The molecule has 0 aliphatic rings. The van der Waals surface area contributed by atoms with Crippen LogP contribution in [0.15, 0.2) is 47.4 Å². The van der Waals surface area contributed by atoms with Gasteiger partial charge in [-0.2, -0.15) is 0 Å². The Morgan fingerprint density at radius 2 is 1.79 bits per heavy atom. The van der Waals surface area contributed by atoms with Crippen LogP contribution in [0.1, 0.15) is 22.3 Å². The van der Waals surface area contributed by atoms with Crippen molar-refractivity contribution in [3.05, 3.63) is 59.4 Å². The quantitative estimate of drug-likeness (QED) is 0.504. The fourth-order valence-electron chi connectivity index (χ4n) is 2.23. The van der Waals surface area contributed by atoms with Crippen LogP contribution in [0, 0.1) is 12.7 Å². The second-order valence-electron chi connectivity index (χ2n) is 5.89. The van der Waals surface area contributed by atoms with E-state index in [1.165, 1.54) is 31.4 Å². The number of methoxy groups -OCH3 is 1. The average Bonchev–Trinajstić information content (AvgIpc) is 2.66. The number of Topliss-reactive ketones (excluding diaryl/α,β-unsaturated/α-hetero) is 1. The topological polar surface area (TPSA) is 98.8 Å². The van der Waals surface area contributed by atoms with E-state index < -0.39 is 34.2 Å². The summed E-state index contributed by atoms with van der Waals surface area (Å²) in [6.45, 7) is 1.08. The maximum atomic E-state index is 13.6. The average molecular weight is 409 g/mol. The molecule has 0 atom stereocenters. The van der Waals surface area contributed by atoms with E-state index in [1.807, 2.05) is 6.92 Å². The molecule has 150 valence electrons. The Bertz CT molecular complexity index is 957. The van der Waals surface area contributed by atoms with Crippen molar-refractivity contribution in [3.8, 4) is 5.75 Å². The molecule has 0 saturated carbocycles. The molecule has 0 aliphatic heterocycles. The van der Waals surface area contributed by atoms with Gasteiger partial charge in [-0.1, -0.05) is 17.7 Å². The minimum atomic E-state index is -3.74. The normalized spacial score (nSPS) is 11.1. The molecule has 0 amide bonds. The fraction of sp³-hybridized carbons (Fsp3) is 0.263. The van der Waals surface area contributed by atoms with E-state index in [-0.39, 0.29) is 29.2 Å². The largest absolute Gasteiger partial charge is 0.494 e. The highest BCUT2D eigenvalue weighted by Gasteiger charge is 2.16. The maximum absolute atomic E-state index is 13.6. The Balaban J connectivity index is 1.80. The van der Waals surface area contributed by atoms with Gasteiger partial charge in [0.15, 0.2) is 24.0 Å². The minimum absolute atomic E-state index is 0.00518. The Labute approximate surface area is 162 Å². The van der Waals surface area contributed by atoms with E-state index in [0.717, 1.165) is 11.6 Å². The summed E-state index contributed by atoms with van der Waals surface area (Å²) in [5.41, 5.74) is 0.954. The van der Waals surface area contributed by atoms with Gasteiger partial charge < -0.3 is 9.47 Å². The van der Waals surface area contributed by atoms with Gasteiger partial charge in [0, 0.05) is 12.1 Å². The van der Waals surface area contributed by atoms with Gasteiger partial charge in [0.05, 0.1) is 18.4 Å². The number of hydrogen-bond donors (Lipinski definition) is 1. The second-order valence-corrected chi connectivity index (χ2v) is 7.66. The smallest absolute Gasteiger partial charge is 0.307 e. The number of carbonyl (C=O) groups is 2. The monoisotopic (exact) mass is 409 g/mol. The first-order chi connectivity index (χ1) is 13.2. The lowest BCUT2D eigenvalue weighted by atomic mass is 10.1. The molecule has 2 aromatic carbocycles. The Kier molecular flexibility index (Phi) is 7.24. The van der Waals surface area contributed by atoms with E-state index in [9.17, 15) is 22.4 Å². The molecule has 0 aliphatic carbocycles. The van der Waals surface area contributed by atoms with E-state index in [2.05, 4.69) is 4.72 Å².